The highest BCUT2D eigenvalue weighted by atomic mass is 35.5. The molecule has 2 rings (SSSR count). The zero-order valence-electron chi connectivity index (χ0n) is 11.1. The Morgan fingerprint density at radius 3 is 2.89 bits per heavy atom. The molecule has 1 saturated heterocycles. The lowest BCUT2D eigenvalue weighted by Crippen LogP contribution is -2.47. The van der Waals surface area contributed by atoms with Crippen LogP contribution in [-0.2, 0) is 10.0 Å². The van der Waals surface area contributed by atoms with Crippen molar-refractivity contribution < 1.29 is 8.42 Å². The van der Waals surface area contributed by atoms with Gasteiger partial charge in [-0.2, -0.15) is 4.31 Å². The van der Waals surface area contributed by atoms with Gasteiger partial charge in [0.25, 0.3) is 0 Å². The fourth-order valence-electron chi connectivity index (χ4n) is 2.34. The first kappa shape index (κ1) is 14.7. The zero-order chi connectivity index (χ0) is 14.0. The SMILES string of the molecule is CN1CCCC(N(C)S(=O)(=O)c2ccnc(Cl)c2)C1. The molecule has 1 unspecified atom stereocenters. The molecule has 1 aromatic heterocycles. The largest absolute Gasteiger partial charge is 0.305 e. The normalized spacial score (nSPS) is 21.8. The Kier molecular flexibility index (Phi) is 4.45. The van der Waals surface area contributed by atoms with Crippen LogP contribution in [0.25, 0.3) is 0 Å². The van der Waals surface area contributed by atoms with Crippen molar-refractivity contribution in [2.45, 2.75) is 23.8 Å². The molecule has 5 nitrogen and oxygen atoms in total. The Morgan fingerprint density at radius 1 is 1.53 bits per heavy atom. The molecule has 7 heteroatoms. The molecule has 1 aromatic rings. The quantitative estimate of drug-likeness (QED) is 0.793. The van der Waals surface area contributed by atoms with Crippen LogP contribution in [0.2, 0.25) is 5.15 Å². The highest BCUT2D eigenvalue weighted by Crippen LogP contribution is 2.22. The van der Waals surface area contributed by atoms with Crippen molar-refractivity contribution in [2.24, 2.45) is 0 Å². The minimum atomic E-state index is -3.50. The molecule has 0 aromatic carbocycles. The van der Waals surface area contributed by atoms with Crippen molar-refractivity contribution in [1.29, 1.82) is 0 Å². The third kappa shape index (κ3) is 3.25. The third-order valence-corrected chi connectivity index (χ3v) is 5.60. The Hall–Kier alpha value is -0.690. The van der Waals surface area contributed by atoms with Crippen LogP contribution in [0.4, 0.5) is 0 Å². The van der Waals surface area contributed by atoms with Crippen LogP contribution in [0.5, 0.6) is 0 Å². The van der Waals surface area contributed by atoms with Crippen LogP contribution in [0, 0.1) is 0 Å². The van der Waals surface area contributed by atoms with E-state index in [0.29, 0.717) is 0 Å². The molecule has 0 amide bonds. The summed E-state index contributed by atoms with van der Waals surface area (Å²) in [5, 5.41) is 0.190. The number of hydrogen-bond acceptors (Lipinski definition) is 4. The second-order valence-corrected chi connectivity index (χ2v) is 7.28. The molecule has 19 heavy (non-hydrogen) atoms. The van der Waals surface area contributed by atoms with Gasteiger partial charge < -0.3 is 4.90 Å². The minimum absolute atomic E-state index is 0.00990. The monoisotopic (exact) mass is 303 g/mol. The lowest BCUT2D eigenvalue weighted by molar-refractivity contribution is 0.187. The van der Waals surface area contributed by atoms with Gasteiger partial charge in [0, 0.05) is 25.8 Å². The molecule has 0 saturated carbocycles. The molecule has 0 N–H and O–H groups in total. The molecule has 0 aliphatic carbocycles. The summed E-state index contributed by atoms with van der Waals surface area (Å²) in [6.07, 6.45) is 3.31. The van der Waals surface area contributed by atoms with E-state index in [9.17, 15) is 8.42 Å². The molecule has 1 atom stereocenters. The van der Waals surface area contributed by atoms with Crippen LogP contribution >= 0.6 is 11.6 Å². The number of likely N-dealkylation sites (N-methyl/N-ethyl adjacent to an activating group) is 2. The summed E-state index contributed by atoms with van der Waals surface area (Å²) in [5.41, 5.74) is 0. The maximum Gasteiger partial charge on any atom is 0.243 e. The van der Waals surface area contributed by atoms with Crippen molar-refractivity contribution >= 4 is 21.6 Å². The molecular formula is C12H18ClN3O2S. The molecule has 1 aliphatic heterocycles. The molecule has 1 fully saturated rings. The van der Waals surface area contributed by atoms with E-state index in [-0.39, 0.29) is 16.1 Å². The van der Waals surface area contributed by atoms with Gasteiger partial charge in [0.05, 0.1) is 4.90 Å². The van der Waals surface area contributed by atoms with Gasteiger partial charge in [-0.25, -0.2) is 13.4 Å². The molecule has 0 bridgehead atoms. The van der Waals surface area contributed by atoms with E-state index in [1.165, 1.54) is 22.6 Å². The van der Waals surface area contributed by atoms with Crippen molar-refractivity contribution in [1.82, 2.24) is 14.2 Å². The predicted octanol–water partition coefficient (Wildman–Crippen LogP) is 1.45. The Bertz CT molecular complexity index is 550. The van der Waals surface area contributed by atoms with Crippen molar-refractivity contribution in [2.75, 3.05) is 27.2 Å². The Morgan fingerprint density at radius 2 is 2.26 bits per heavy atom. The van der Waals surface area contributed by atoms with Crippen LogP contribution in [-0.4, -0.2) is 55.8 Å². The van der Waals surface area contributed by atoms with Crippen molar-refractivity contribution in [3.63, 3.8) is 0 Å². The van der Waals surface area contributed by atoms with Gasteiger partial charge in [-0.05, 0) is 38.6 Å². The van der Waals surface area contributed by atoms with Crippen LogP contribution in [0.1, 0.15) is 12.8 Å². The van der Waals surface area contributed by atoms with Crippen molar-refractivity contribution in [3.05, 3.63) is 23.5 Å². The first-order chi connectivity index (χ1) is 8.91. The maximum absolute atomic E-state index is 12.5. The van der Waals surface area contributed by atoms with Gasteiger partial charge in [0.2, 0.25) is 10.0 Å². The van der Waals surface area contributed by atoms with Gasteiger partial charge in [-0.1, -0.05) is 11.6 Å². The van der Waals surface area contributed by atoms with Crippen molar-refractivity contribution in [3.8, 4) is 0 Å². The average Bonchev–Trinajstić information content (AvgIpc) is 2.38. The third-order valence-electron chi connectivity index (χ3n) is 3.49. The molecule has 1 aliphatic rings. The zero-order valence-corrected chi connectivity index (χ0v) is 12.7. The Labute approximate surface area is 119 Å². The fourth-order valence-corrected chi connectivity index (χ4v) is 3.97. The van der Waals surface area contributed by atoms with Gasteiger partial charge in [-0.3, -0.25) is 0 Å². The van der Waals surface area contributed by atoms with E-state index in [0.717, 1.165) is 25.9 Å². The number of aromatic nitrogens is 1. The summed E-state index contributed by atoms with van der Waals surface area (Å²) in [7, 11) is 0.140. The second-order valence-electron chi connectivity index (χ2n) is 4.89. The van der Waals surface area contributed by atoms with Crippen LogP contribution in [0.3, 0.4) is 0 Å². The standard InChI is InChI=1S/C12H18ClN3O2S/c1-15-7-3-4-10(9-15)16(2)19(17,18)11-5-6-14-12(13)8-11/h5-6,8,10H,3-4,7,9H2,1-2H3. The molecular weight excluding hydrogens is 286 g/mol. The number of nitrogens with zero attached hydrogens (tertiary/aromatic N) is 3. The topological polar surface area (TPSA) is 53.5 Å². The molecule has 106 valence electrons. The number of hydrogen-bond donors (Lipinski definition) is 0. The van der Waals surface area contributed by atoms with Gasteiger partial charge in [-0.15, -0.1) is 0 Å². The fraction of sp³-hybridized carbons (Fsp3) is 0.583. The van der Waals surface area contributed by atoms with E-state index in [2.05, 4.69) is 9.88 Å². The van der Waals surface area contributed by atoms with Crippen LogP contribution < -0.4 is 0 Å². The van der Waals surface area contributed by atoms with E-state index >= 15 is 0 Å². The highest BCUT2D eigenvalue weighted by molar-refractivity contribution is 7.89. The van der Waals surface area contributed by atoms with Gasteiger partial charge in [0.15, 0.2) is 0 Å². The number of halogens is 1. The van der Waals surface area contributed by atoms with E-state index in [4.69, 9.17) is 11.6 Å². The number of sulfonamides is 1. The number of rotatable bonds is 3. The van der Waals surface area contributed by atoms with Gasteiger partial charge >= 0.3 is 0 Å². The molecule has 0 radical (unpaired) electrons. The summed E-state index contributed by atoms with van der Waals surface area (Å²) in [6.45, 7) is 1.78. The minimum Gasteiger partial charge on any atom is -0.305 e. The average molecular weight is 304 g/mol. The molecule has 2 heterocycles. The summed E-state index contributed by atoms with van der Waals surface area (Å²) in [6, 6.07) is 2.88. The number of pyridine rings is 1. The lowest BCUT2D eigenvalue weighted by atomic mass is 10.1. The van der Waals surface area contributed by atoms with Gasteiger partial charge in [0.1, 0.15) is 5.15 Å². The summed E-state index contributed by atoms with van der Waals surface area (Å²) < 4.78 is 26.5. The number of likely N-dealkylation sites (tertiary alicyclic amines) is 1. The predicted molar refractivity (Wildman–Crippen MR) is 74.7 cm³/mol. The summed E-state index contributed by atoms with van der Waals surface area (Å²) in [4.78, 5) is 6.16. The highest BCUT2D eigenvalue weighted by Gasteiger charge is 2.30. The Balaban J connectivity index is 2.24. The van der Waals surface area contributed by atoms with E-state index in [1.807, 2.05) is 7.05 Å². The second kappa shape index (κ2) is 5.75. The smallest absolute Gasteiger partial charge is 0.243 e. The summed E-state index contributed by atoms with van der Waals surface area (Å²) >= 11 is 5.76. The lowest BCUT2D eigenvalue weighted by Gasteiger charge is -2.35. The first-order valence-electron chi connectivity index (χ1n) is 6.19. The van der Waals surface area contributed by atoms with E-state index < -0.39 is 10.0 Å². The summed E-state index contributed by atoms with van der Waals surface area (Å²) in [5.74, 6) is 0. The maximum atomic E-state index is 12.5. The number of piperidine rings is 1. The first-order valence-corrected chi connectivity index (χ1v) is 8.01. The van der Waals surface area contributed by atoms with E-state index in [1.54, 1.807) is 7.05 Å². The molecule has 0 spiro atoms. The van der Waals surface area contributed by atoms with Crippen LogP contribution in [0.15, 0.2) is 23.2 Å².